The SMILES string of the molecule is CCCCCCCCCCCCOc1cccc(C(=O)C=Cc2ccc(SC(C)(C)C)cc2)c1. The van der Waals surface area contributed by atoms with Crippen LogP contribution in [0.4, 0.5) is 0 Å². The van der Waals surface area contributed by atoms with E-state index in [1.807, 2.05) is 42.1 Å². The van der Waals surface area contributed by atoms with E-state index in [9.17, 15) is 4.79 Å². The van der Waals surface area contributed by atoms with Gasteiger partial charge in [0.1, 0.15) is 5.75 Å². The lowest BCUT2D eigenvalue weighted by molar-refractivity contribution is 0.104. The monoisotopic (exact) mass is 480 g/mol. The maximum atomic E-state index is 12.6. The molecule has 0 N–H and O–H groups in total. The normalized spacial score (nSPS) is 11.8. The molecule has 0 saturated heterocycles. The molecule has 0 amide bonds. The van der Waals surface area contributed by atoms with Gasteiger partial charge in [0.2, 0.25) is 0 Å². The minimum atomic E-state index is -0.00229. The number of hydrogen-bond donors (Lipinski definition) is 0. The van der Waals surface area contributed by atoms with E-state index in [1.54, 1.807) is 6.08 Å². The largest absolute Gasteiger partial charge is 0.494 e. The smallest absolute Gasteiger partial charge is 0.185 e. The van der Waals surface area contributed by atoms with E-state index in [4.69, 9.17) is 4.74 Å². The number of rotatable bonds is 16. The van der Waals surface area contributed by atoms with Crippen molar-refractivity contribution in [1.29, 1.82) is 0 Å². The molecule has 2 aromatic rings. The van der Waals surface area contributed by atoms with Gasteiger partial charge in [-0.1, -0.05) is 116 Å². The molecule has 0 radical (unpaired) electrons. The number of ether oxygens (including phenoxy) is 1. The van der Waals surface area contributed by atoms with Gasteiger partial charge in [-0.25, -0.2) is 0 Å². The third-order valence-electron chi connectivity index (χ3n) is 5.62. The Labute approximate surface area is 212 Å². The standard InChI is InChI=1S/C31H44O2S/c1-5-6-7-8-9-10-11-12-13-14-24-33-28-17-15-16-27(25-28)30(32)23-20-26-18-21-29(22-19-26)34-31(2,3)4/h15-23,25H,5-14,24H2,1-4H3. The number of hydrogen-bond acceptors (Lipinski definition) is 3. The Bertz CT molecular complexity index is 862. The van der Waals surface area contributed by atoms with Crippen LogP contribution in [0.3, 0.4) is 0 Å². The Balaban J connectivity index is 1.69. The summed E-state index contributed by atoms with van der Waals surface area (Å²) in [6.45, 7) is 9.60. The van der Waals surface area contributed by atoms with Crippen LogP contribution in [0.15, 0.2) is 59.5 Å². The summed E-state index contributed by atoms with van der Waals surface area (Å²) in [7, 11) is 0. The molecule has 34 heavy (non-hydrogen) atoms. The molecule has 0 atom stereocenters. The first-order valence-corrected chi connectivity index (χ1v) is 13.9. The molecule has 2 nitrogen and oxygen atoms in total. The van der Waals surface area contributed by atoms with E-state index in [0.717, 1.165) is 17.7 Å². The molecule has 0 unspecified atom stereocenters. The minimum absolute atomic E-state index is 0.00229. The first-order chi connectivity index (χ1) is 16.4. The molecule has 3 heteroatoms. The third kappa shape index (κ3) is 12.5. The molecule has 0 aromatic heterocycles. The molecule has 0 aliphatic heterocycles. The molecule has 0 aliphatic rings. The molecule has 0 saturated carbocycles. The maximum Gasteiger partial charge on any atom is 0.185 e. The Kier molecular flexibility index (Phi) is 13.1. The van der Waals surface area contributed by atoms with Gasteiger partial charge in [0.25, 0.3) is 0 Å². The summed E-state index contributed by atoms with van der Waals surface area (Å²) >= 11 is 1.84. The third-order valence-corrected chi connectivity index (χ3v) is 6.74. The second kappa shape index (κ2) is 15.8. The van der Waals surface area contributed by atoms with Crippen LogP contribution >= 0.6 is 11.8 Å². The quantitative estimate of drug-likeness (QED) is 0.103. The van der Waals surface area contributed by atoms with Crippen LogP contribution < -0.4 is 4.74 Å². The van der Waals surface area contributed by atoms with Crippen LogP contribution in [-0.4, -0.2) is 17.1 Å². The molecule has 0 aliphatic carbocycles. The number of carbonyl (C=O) groups is 1. The number of benzene rings is 2. The molecule has 0 spiro atoms. The fourth-order valence-corrected chi connectivity index (χ4v) is 4.77. The minimum Gasteiger partial charge on any atom is -0.494 e. The fourth-order valence-electron chi connectivity index (χ4n) is 3.79. The summed E-state index contributed by atoms with van der Waals surface area (Å²) in [5.74, 6) is 0.774. The summed E-state index contributed by atoms with van der Waals surface area (Å²) in [5, 5.41) is 0. The molecule has 0 fully saturated rings. The van der Waals surface area contributed by atoms with Gasteiger partial charge in [0.05, 0.1) is 6.61 Å². The summed E-state index contributed by atoms with van der Waals surface area (Å²) in [6.07, 6.45) is 16.7. The van der Waals surface area contributed by atoms with Gasteiger partial charge < -0.3 is 4.74 Å². The van der Waals surface area contributed by atoms with Crippen molar-refractivity contribution in [3.05, 3.63) is 65.7 Å². The molecular formula is C31H44O2S. The van der Waals surface area contributed by atoms with Crippen molar-refractivity contribution < 1.29 is 9.53 Å². The van der Waals surface area contributed by atoms with Crippen molar-refractivity contribution >= 4 is 23.6 Å². The second-order valence-corrected chi connectivity index (χ2v) is 11.9. The molecule has 186 valence electrons. The highest BCUT2D eigenvalue weighted by Crippen LogP contribution is 2.31. The topological polar surface area (TPSA) is 26.3 Å². The zero-order valence-corrected chi connectivity index (χ0v) is 22.6. The molecular weight excluding hydrogens is 436 g/mol. The Hall–Kier alpha value is -2.00. The predicted octanol–water partition coefficient (Wildman–Crippen LogP) is 9.77. The maximum absolute atomic E-state index is 12.6. The van der Waals surface area contributed by atoms with Gasteiger partial charge in [-0.3, -0.25) is 4.79 Å². The van der Waals surface area contributed by atoms with E-state index >= 15 is 0 Å². The van der Waals surface area contributed by atoms with Crippen molar-refractivity contribution in [2.45, 2.75) is 102 Å². The van der Waals surface area contributed by atoms with Gasteiger partial charge >= 0.3 is 0 Å². The number of thioether (sulfide) groups is 1. The first kappa shape index (κ1) is 28.2. The second-order valence-electron chi connectivity index (χ2n) is 10.0. The lowest BCUT2D eigenvalue weighted by Crippen LogP contribution is -2.06. The van der Waals surface area contributed by atoms with Gasteiger partial charge in [0, 0.05) is 15.2 Å². The zero-order chi connectivity index (χ0) is 24.7. The van der Waals surface area contributed by atoms with Gasteiger partial charge in [0.15, 0.2) is 5.78 Å². The predicted molar refractivity (Wildman–Crippen MR) is 149 cm³/mol. The van der Waals surface area contributed by atoms with Crippen molar-refractivity contribution in [2.75, 3.05) is 6.61 Å². The summed E-state index contributed by atoms with van der Waals surface area (Å²) in [6, 6.07) is 15.9. The number of carbonyl (C=O) groups excluding carboxylic acids is 1. The highest BCUT2D eigenvalue weighted by atomic mass is 32.2. The average molecular weight is 481 g/mol. The fraction of sp³-hybridized carbons (Fsp3) is 0.516. The Morgan fingerprint density at radius 1 is 0.853 bits per heavy atom. The van der Waals surface area contributed by atoms with Gasteiger partial charge in [-0.15, -0.1) is 11.8 Å². The van der Waals surface area contributed by atoms with Crippen molar-refractivity contribution in [1.82, 2.24) is 0 Å². The van der Waals surface area contributed by atoms with Crippen molar-refractivity contribution in [2.24, 2.45) is 0 Å². The van der Waals surface area contributed by atoms with E-state index < -0.39 is 0 Å². The first-order valence-electron chi connectivity index (χ1n) is 13.1. The molecule has 0 heterocycles. The van der Waals surface area contributed by atoms with Crippen LogP contribution in [0, 0.1) is 0 Å². The van der Waals surface area contributed by atoms with Crippen LogP contribution in [0.5, 0.6) is 5.75 Å². The zero-order valence-electron chi connectivity index (χ0n) is 21.8. The highest BCUT2D eigenvalue weighted by Gasteiger charge is 2.11. The molecule has 2 rings (SSSR count). The summed E-state index contributed by atoms with van der Waals surface area (Å²) in [5.41, 5.74) is 1.69. The van der Waals surface area contributed by atoms with Gasteiger partial charge in [-0.2, -0.15) is 0 Å². The van der Waals surface area contributed by atoms with Crippen LogP contribution in [-0.2, 0) is 0 Å². The highest BCUT2D eigenvalue weighted by molar-refractivity contribution is 8.00. The van der Waals surface area contributed by atoms with E-state index in [-0.39, 0.29) is 10.5 Å². The van der Waals surface area contributed by atoms with Crippen molar-refractivity contribution in [3.63, 3.8) is 0 Å². The Morgan fingerprint density at radius 3 is 2.09 bits per heavy atom. The van der Waals surface area contributed by atoms with E-state index in [2.05, 4.69) is 52.0 Å². The Morgan fingerprint density at radius 2 is 1.47 bits per heavy atom. The van der Waals surface area contributed by atoms with Crippen LogP contribution in [0.1, 0.15) is 108 Å². The lowest BCUT2D eigenvalue weighted by Gasteiger charge is -2.17. The number of unbranched alkanes of at least 4 members (excludes halogenated alkanes) is 9. The van der Waals surface area contributed by atoms with Crippen LogP contribution in [0.25, 0.3) is 6.08 Å². The molecule has 0 bridgehead atoms. The number of allylic oxidation sites excluding steroid dienone is 1. The summed E-state index contributed by atoms with van der Waals surface area (Å²) < 4.78 is 6.09. The molecule has 2 aromatic carbocycles. The van der Waals surface area contributed by atoms with E-state index in [1.165, 1.54) is 62.7 Å². The summed E-state index contributed by atoms with van der Waals surface area (Å²) in [4.78, 5) is 13.9. The number of ketones is 1. The van der Waals surface area contributed by atoms with Gasteiger partial charge in [-0.05, 0) is 42.3 Å². The average Bonchev–Trinajstić information content (AvgIpc) is 2.81. The lowest BCUT2D eigenvalue weighted by atomic mass is 10.1. The van der Waals surface area contributed by atoms with Crippen LogP contribution in [0.2, 0.25) is 0 Å². The van der Waals surface area contributed by atoms with E-state index in [0.29, 0.717) is 12.2 Å². The van der Waals surface area contributed by atoms with Crippen molar-refractivity contribution in [3.8, 4) is 5.75 Å².